The third kappa shape index (κ3) is 1.81. The van der Waals surface area contributed by atoms with Crippen LogP contribution in [0.15, 0.2) is 0 Å². The van der Waals surface area contributed by atoms with E-state index >= 15 is 0 Å². The van der Waals surface area contributed by atoms with Gasteiger partial charge in [-0.15, -0.1) is 0 Å². The Balaban J connectivity index is 2.92. The lowest BCUT2D eigenvalue weighted by molar-refractivity contribution is -0.158. The van der Waals surface area contributed by atoms with E-state index < -0.39 is 5.41 Å². The molecule has 1 fully saturated rings. The van der Waals surface area contributed by atoms with Crippen LogP contribution in [-0.4, -0.2) is 18.9 Å². The lowest BCUT2D eigenvalue weighted by Crippen LogP contribution is -2.39. The van der Waals surface area contributed by atoms with Gasteiger partial charge in [0.2, 0.25) is 0 Å². The zero-order valence-corrected chi connectivity index (χ0v) is 8.97. The lowest BCUT2D eigenvalue weighted by atomic mass is 9.77. The number of rotatable bonds is 2. The molecule has 3 heteroatoms. The molecule has 14 heavy (non-hydrogen) atoms. The summed E-state index contributed by atoms with van der Waals surface area (Å²) in [5.41, 5.74) is -0.828. The first-order chi connectivity index (χ1) is 6.67. The molecule has 0 aromatic rings. The molecule has 0 saturated heterocycles. The highest BCUT2D eigenvalue weighted by molar-refractivity contribution is 6.03. The van der Waals surface area contributed by atoms with E-state index in [1.54, 1.807) is 0 Å². The summed E-state index contributed by atoms with van der Waals surface area (Å²) < 4.78 is 4.75. The minimum atomic E-state index is -0.828. The first-order valence-electron chi connectivity index (χ1n) is 5.29. The fraction of sp³-hybridized carbons (Fsp3) is 0.818. The molecule has 3 nitrogen and oxygen atoms in total. The van der Waals surface area contributed by atoms with Crippen LogP contribution >= 0.6 is 0 Å². The van der Waals surface area contributed by atoms with E-state index in [9.17, 15) is 9.59 Å². The molecule has 0 heterocycles. The third-order valence-corrected chi connectivity index (χ3v) is 3.22. The molecule has 1 atom stereocenters. The summed E-state index contributed by atoms with van der Waals surface area (Å²) in [6.45, 7) is 1.89. The predicted octanol–water partition coefficient (Wildman–Crippen LogP) is 2.09. The summed E-state index contributed by atoms with van der Waals surface area (Å²) >= 11 is 0. The van der Waals surface area contributed by atoms with Gasteiger partial charge < -0.3 is 4.74 Å². The van der Waals surface area contributed by atoms with E-state index in [-0.39, 0.29) is 11.8 Å². The Bertz CT molecular complexity index is 235. The quantitative estimate of drug-likeness (QED) is 0.387. The van der Waals surface area contributed by atoms with Gasteiger partial charge in [0.1, 0.15) is 11.2 Å². The molecule has 0 N–H and O–H groups in total. The Morgan fingerprint density at radius 1 is 1.43 bits per heavy atom. The fourth-order valence-corrected chi connectivity index (χ4v) is 2.20. The van der Waals surface area contributed by atoms with Gasteiger partial charge in [-0.2, -0.15) is 0 Å². The van der Waals surface area contributed by atoms with Crippen molar-refractivity contribution in [3.05, 3.63) is 0 Å². The Morgan fingerprint density at radius 2 is 2.14 bits per heavy atom. The van der Waals surface area contributed by atoms with Gasteiger partial charge >= 0.3 is 5.97 Å². The van der Waals surface area contributed by atoms with Gasteiger partial charge in [-0.3, -0.25) is 9.59 Å². The number of esters is 1. The summed E-state index contributed by atoms with van der Waals surface area (Å²) in [5, 5.41) is 0. The second-order valence-electron chi connectivity index (χ2n) is 3.91. The molecule has 0 amide bonds. The minimum Gasteiger partial charge on any atom is -0.468 e. The van der Waals surface area contributed by atoms with Crippen LogP contribution in [0, 0.1) is 5.41 Å². The average Bonchev–Trinajstić information content (AvgIpc) is 2.40. The maximum absolute atomic E-state index is 11.9. The molecule has 0 aliphatic heterocycles. The number of ether oxygens (including phenoxy) is 1. The van der Waals surface area contributed by atoms with Gasteiger partial charge in [0.05, 0.1) is 7.11 Å². The summed E-state index contributed by atoms with van der Waals surface area (Å²) in [4.78, 5) is 23.5. The summed E-state index contributed by atoms with van der Waals surface area (Å²) in [6.07, 6.45) is 4.67. The molecular formula is C11H18O3. The second-order valence-corrected chi connectivity index (χ2v) is 3.91. The molecular weight excluding hydrogens is 180 g/mol. The highest BCUT2D eigenvalue weighted by Crippen LogP contribution is 2.36. The van der Waals surface area contributed by atoms with Crippen LogP contribution in [0.2, 0.25) is 0 Å². The highest BCUT2D eigenvalue weighted by Gasteiger charge is 2.44. The van der Waals surface area contributed by atoms with Crippen LogP contribution in [0.3, 0.4) is 0 Å². The first kappa shape index (κ1) is 11.2. The van der Waals surface area contributed by atoms with Crippen molar-refractivity contribution in [2.24, 2.45) is 5.41 Å². The van der Waals surface area contributed by atoms with Gasteiger partial charge in [-0.25, -0.2) is 0 Å². The summed E-state index contributed by atoms with van der Waals surface area (Å²) in [7, 11) is 1.36. The van der Waals surface area contributed by atoms with Crippen molar-refractivity contribution >= 4 is 11.8 Å². The molecule has 0 bridgehead atoms. The second kappa shape index (κ2) is 4.58. The molecule has 80 valence electrons. The van der Waals surface area contributed by atoms with Gasteiger partial charge in [-0.05, 0) is 19.3 Å². The van der Waals surface area contributed by atoms with Crippen molar-refractivity contribution in [1.29, 1.82) is 0 Å². The number of Topliss-reactive ketones (excluding diaryl/α,β-unsaturated/α-hetero) is 1. The number of methoxy groups -OCH3 is 1. The average molecular weight is 198 g/mol. The number of ketones is 1. The molecule has 1 rings (SSSR count). The van der Waals surface area contributed by atoms with E-state index in [2.05, 4.69) is 0 Å². The van der Waals surface area contributed by atoms with Crippen LogP contribution in [0.4, 0.5) is 0 Å². The topological polar surface area (TPSA) is 43.4 Å². The Hall–Kier alpha value is -0.860. The summed E-state index contributed by atoms with van der Waals surface area (Å²) in [6, 6.07) is 0. The van der Waals surface area contributed by atoms with Gasteiger partial charge in [-0.1, -0.05) is 19.8 Å². The van der Waals surface area contributed by atoms with Crippen LogP contribution < -0.4 is 0 Å². The standard InChI is InChI=1S/C11H18O3/c1-3-11(10(13)14-2)8-6-4-5-7-9(11)12/h3-8H2,1-2H3. The smallest absolute Gasteiger partial charge is 0.319 e. The van der Waals surface area contributed by atoms with Gasteiger partial charge in [0.25, 0.3) is 0 Å². The number of hydrogen-bond donors (Lipinski definition) is 0. The Morgan fingerprint density at radius 3 is 2.71 bits per heavy atom. The molecule has 0 spiro atoms. The van der Waals surface area contributed by atoms with Crippen molar-refractivity contribution < 1.29 is 14.3 Å². The van der Waals surface area contributed by atoms with Crippen molar-refractivity contribution in [1.82, 2.24) is 0 Å². The van der Waals surface area contributed by atoms with Crippen molar-refractivity contribution in [3.8, 4) is 0 Å². The number of carbonyl (C=O) groups is 2. The van der Waals surface area contributed by atoms with Gasteiger partial charge in [0, 0.05) is 6.42 Å². The van der Waals surface area contributed by atoms with E-state index in [1.807, 2.05) is 6.92 Å². The molecule has 0 aromatic carbocycles. The Labute approximate surface area is 84.8 Å². The minimum absolute atomic E-state index is 0.0735. The van der Waals surface area contributed by atoms with Gasteiger partial charge in [0.15, 0.2) is 0 Å². The predicted molar refractivity (Wildman–Crippen MR) is 52.8 cm³/mol. The summed E-state index contributed by atoms with van der Waals surface area (Å²) in [5.74, 6) is -0.267. The SMILES string of the molecule is CCC1(C(=O)OC)CCCCCC1=O. The van der Waals surface area contributed by atoms with Crippen LogP contribution in [0.25, 0.3) is 0 Å². The lowest BCUT2D eigenvalue weighted by Gasteiger charge is -2.26. The maximum Gasteiger partial charge on any atom is 0.319 e. The monoisotopic (exact) mass is 198 g/mol. The highest BCUT2D eigenvalue weighted by atomic mass is 16.5. The van der Waals surface area contributed by atoms with E-state index in [0.29, 0.717) is 19.3 Å². The number of hydrogen-bond acceptors (Lipinski definition) is 3. The molecule has 1 aliphatic rings. The molecule has 1 aliphatic carbocycles. The zero-order valence-electron chi connectivity index (χ0n) is 8.97. The normalized spacial score (nSPS) is 28.3. The largest absolute Gasteiger partial charge is 0.468 e. The van der Waals surface area contributed by atoms with E-state index in [1.165, 1.54) is 7.11 Å². The van der Waals surface area contributed by atoms with Crippen LogP contribution in [0.1, 0.15) is 45.4 Å². The molecule has 1 saturated carbocycles. The van der Waals surface area contributed by atoms with E-state index in [0.717, 1.165) is 19.3 Å². The van der Waals surface area contributed by atoms with Crippen molar-refractivity contribution in [2.45, 2.75) is 45.4 Å². The zero-order chi connectivity index (χ0) is 10.6. The maximum atomic E-state index is 11.9. The Kier molecular flexibility index (Phi) is 3.67. The van der Waals surface area contributed by atoms with E-state index in [4.69, 9.17) is 4.74 Å². The number of carbonyl (C=O) groups excluding carboxylic acids is 2. The van der Waals surface area contributed by atoms with Crippen LogP contribution in [-0.2, 0) is 14.3 Å². The van der Waals surface area contributed by atoms with Crippen molar-refractivity contribution in [2.75, 3.05) is 7.11 Å². The molecule has 0 aromatic heterocycles. The first-order valence-corrected chi connectivity index (χ1v) is 5.29. The third-order valence-electron chi connectivity index (χ3n) is 3.22. The molecule has 0 radical (unpaired) electrons. The molecule has 1 unspecified atom stereocenters. The van der Waals surface area contributed by atoms with Crippen molar-refractivity contribution in [3.63, 3.8) is 0 Å². The fourth-order valence-electron chi connectivity index (χ4n) is 2.20. The van der Waals surface area contributed by atoms with Crippen LogP contribution in [0.5, 0.6) is 0 Å².